The molecular weight excluding hydrogens is 240 g/mol. The van der Waals surface area contributed by atoms with E-state index in [4.69, 9.17) is 0 Å². The van der Waals surface area contributed by atoms with E-state index >= 15 is 0 Å². The first-order valence-corrected chi connectivity index (χ1v) is 9.25. The van der Waals surface area contributed by atoms with Crippen LogP contribution in [0.2, 0.25) is 0 Å². The third kappa shape index (κ3) is 13.0. The summed E-state index contributed by atoms with van der Waals surface area (Å²) < 4.78 is 0. The Bertz CT molecular complexity index is 181. The van der Waals surface area contributed by atoms with Crippen LogP contribution in [0.5, 0.6) is 0 Å². The molecule has 0 heteroatoms. The zero-order valence-electron chi connectivity index (χ0n) is 16.2. The highest BCUT2D eigenvalue weighted by molar-refractivity contribution is 4.81. The number of hydrogen-bond donors (Lipinski definition) is 0. The van der Waals surface area contributed by atoms with Gasteiger partial charge in [0.25, 0.3) is 0 Å². The fraction of sp³-hybridized carbons (Fsp3) is 1.00. The standard InChI is InChI=1S/C11H22.C6H14.C3H8/c1-4-6-10-7-11(8-10)9(3)5-2;1-5-6(2,3)4;1-3-2/h9-11H,4-8H2,1-3H3;5H2,1-4H3;3H2,1-2H3. The van der Waals surface area contributed by atoms with Crippen molar-refractivity contribution in [3.05, 3.63) is 0 Å². The van der Waals surface area contributed by atoms with E-state index in [1.807, 2.05) is 0 Å². The van der Waals surface area contributed by atoms with Crippen molar-refractivity contribution in [2.75, 3.05) is 0 Å². The summed E-state index contributed by atoms with van der Waals surface area (Å²) in [5.74, 6) is 3.17. The summed E-state index contributed by atoms with van der Waals surface area (Å²) in [5, 5.41) is 0. The van der Waals surface area contributed by atoms with Crippen LogP contribution >= 0.6 is 0 Å². The van der Waals surface area contributed by atoms with Crippen LogP contribution in [0.4, 0.5) is 0 Å². The van der Waals surface area contributed by atoms with Gasteiger partial charge in [-0.15, -0.1) is 0 Å². The van der Waals surface area contributed by atoms with Crippen LogP contribution in [0.25, 0.3) is 0 Å². The Morgan fingerprint density at radius 2 is 1.35 bits per heavy atom. The molecule has 1 fully saturated rings. The highest BCUT2D eigenvalue weighted by Crippen LogP contribution is 2.42. The summed E-state index contributed by atoms with van der Waals surface area (Å²) in [5.41, 5.74) is 0.542. The smallest absolute Gasteiger partial charge is 0.0383 e. The van der Waals surface area contributed by atoms with E-state index in [-0.39, 0.29) is 0 Å². The Hall–Kier alpha value is 0. The van der Waals surface area contributed by atoms with E-state index in [1.54, 1.807) is 0 Å². The third-order valence-electron chi connectivity index (χ3n) is 4.48. The maximum atomic E-state index is 2.41. The molecule has 1 saturated carbocycles. The van der Waals surface area contributed by atoms with Gasteiger partial charge >= 0.3 is 0 Å². The molecule has 0 N–H and O–H groups in total. The molecule has 124 valence electrons. The van der Waals surface area contributed by atoms with Crippen LogP contribution < -0.4 is 0 Å². The molecule has 0 spiro atoms. The maximum absolute atomic E-state index is 2.41. The highest BCUT2D eigenvalue weighted by Gasteiger charge is 2.30. The van der Waals surface area contributed by atoms with Crippen LogP contribution in [0.15, 0.2) is 0 Å². The van der Waals surface area contributed by atoms with E-state index < -0.39 is 0 Å². The molecule has 1 unspecified atom stereocenters. The van der Waals surface area contributed by atoms with E-state index in [1.165, 1.54) is 44.9 Å². The van der Waals surface area contributed by atoms with Crippen molar-refractivity contribution in [2.24, 2.45) is 23.2 Å². The summed E-state index contributed by atoms with van der Waals surface area (Å²) >= 11 is 0. The normalized spacial score (nSPS) is 22.6. The zero-order chi connectivity index (χ0) is 16.2. The van der Waals surface area contributed by atoms with Gasteiger partial charge in [0.05, 0.1) is 0 Å². The lowest BCUT2D eigenvalue weighted by atomic mass is 9.67. The quantitative estimate of drug-likeness (QED) is 0.495. The molecule has 0 aromatic rings. The molecule has 0 radical (unpaired) electrons. The van der Waals surface area contributed by atoms with Gasteiger partial charge in [0.15, 0.2) is 0 Å². The van der Waals surface area contributed by atoms with Crippen molar-refractivity contribution < 1.29 is 0 Å². The van der Waals surface area contributed by atoms with Gasteiger partial charge in [-0.05, 0) is 36.0 Å². The number of hydrogen-bond acceptors (Lipinski definition) is 0. The monoisotopic (exact) mass is 284 g/mol. The second kappa shape index (κ2) is 12.7. The average molecular weight is 285 g/mol. The molecule has 1 atom stereocenters. The molecule has 0 bridgehead atoms. The lowest BCUT2D eigenvalue weighted by molar-refractivity contribution is 0.122. The van der Waals surface area contributed by atoms with Crippen molar-refractivity contribution >= 4 is 0 Å². The minimum atomic E-state index is 0.542. The number of rotatable bonds is 4. The van der Waals surface area contributed by atoms with Gasteiger partial charge in [-0.2, -0.15) is 0 Å². The van der Waals surface area contributed by atoms with Gasteiger partial charge in [-0.25, -0.2) is 0 Å². The molecule has 0 nitrogen and oxygen atoms in total. The maximum Gasteiger partial charge on any atom is -0.0383 e. The average Bonchev–Trinajstić information content (AvgIpc) is 2.33. The molecule has 0 aliphatic heterocycles. The van der Waals surface area contributed by atoms with Crippen molar-refractivity contribution in [2.45, 2.75) is 107 Å². The SMILES string of the molecule is CCC.CCC(C)(C)C.CCCC1CC(C(C)CC)C1. The Morgan fingerprint density at radius 1 is 0.950 bits per heavy atom. The first-order valence-electron chi connectivity index (χ1n) is 9.25. The van der Waals surface area contributed by atoms with Gasteiger partial charge < -0.3 is 0 Å². The van der Waals surface area contributed by atoms with Crippen LogP contribution in [0.1, 0.15) is 107 Å². The van der Waals surface area contributed by atoms with Gasteiger partial charge in [0.1, 0.15) is 0 Å². The van der Waals surface area contributed by atoms with Gasteiger partial charge in [-0.3, -0.25) is 0 Å². The van der Waals surface area contributed by atoms with E-state index in [9.17, 15) is 0 Å². The highest BCUT2D eigenvalue weighted by atomic mass is 14.4. The second-order valence-corrected chi connectivity index (χ2v) is 7.89. The lowest BCUT2D eigenvalue weighted by Crippen LogP contribution is -2.28. The topological polar surface area (TPSA) is 0 Å². The van der Waals surface area contributed by atoms with Gasteiger partial charge in [-0.1, -0.05) is 94.4 Å². The Kier molecular flexibility index (Phi) is 14.2. The van der Waals surface area contributed by atoms with Crippen molar-refractivity contribution in [1.82, 2.24) is 0 Å². The molecular formula is C20H44. The molecule has 20 heavy (non-hydrogen) atoms. The molecule has 0 aromatic carbocycles. The summed E-state index contributed by atoms with van der Waals surface area (Å²) in [6.07, 6.45) is 9.83. The zero-order valence-corrected chi connectivity index (χ0v) is 16.2. The first kappa shape index (κ1) is 22.3. The van der Waals surface area contributed by atoms with Crippen LogP contribution in [-0.2, 0) is 0 Å². The van der Waals surface area contributed by atoms with Crippen LogP contribution in [0.3, 0.4) is 0 Å². The molecule has 1 rings (SSSR count). The van der Waals surface area contributed by atoms with E-state index in [0.29, 0.717) is 5.41 Å². The minimum absolute atomic E-state index is 0.542. The first-order chi connectivity index (χ1) is 9.25. The second-order valence-electron chi connectivity index (χ2n) is 7.89. The summed E-state index contributed by atoms with van der Waals surface area (Å²) in [7, 11) is 0. The van der Waals surface area contributed by atoms with E-state index in [2.05, 4.69) is 62.3 Å². The fourth-order valence-electron chi connectivity index (χ4n) is 2.23. The predicted octanol–water partition coefficient (Wildman–Crippen LogP) is 7.72. The summed E-state index contributed by atoms with van der Waals surface area (Å²) in [6, 6.07) is 0. The van der Waals surface area contributed by atoms with Crippen molar-refractivity contribution in [3.8, 4) is 0 Å². The van der Waals surface area contributed by atoms with Gasteiger partial charge in [0.2, 0.25) is 0 Å². The summed E-state index contributed by atoms with van der Waals surface area (Å²) in [6.45, 7) is 20.2. The molecule has 0 aromatic heterocycles. The van der Waals surface area contributed by atoms with Crippen LogP contribution in [0, 0.1) is 23.2 Å². The molecule has 0 heterocycles. The largest absolute Gasteiger partial charge is 0.0656 e. The van der Waals surface area contributed by atoms with Crippen LogP contribution in [-0.4, -0.2) is 0 Å². The Morgan fingerprint density at radius 3 is 1.60 bits per heavy atom. The van der Waals surface area contributed by atoms with Gasteiger partial charge in [0, 0.05) is 0 Å². The fourth-order valence-corrected chi connectivity index (χ4v) is 2.23. The Labute approximate surface area is 131 Å². The van der Waals surface area contributed by atoms with Crippen molar-refractivity contribution in [1.29, 1.82) is 0 Å². The Balaban J connectivity index is 0. The molecule has 1 aliphatic rings. The predicted molar refractivity (Wildman–Crippen MR) is 96.3 cm³/mol. The third-order valence-corrected chi connectivity index (χ3v) is 4.48. The molecule has 1 aliphatic carbocycles. The molecule has 0 saturated heterocycles. The minimum Gasteiger partial charge on any atom is -0.0656 e. The van der Waals surface area contributed by atoms with E-state index in [0.717, 1.165) is 17.8 Å². The molecule has 0 amide bonds. The van der Waals surface area contributed by atoms with Crippen molar-refractivity contribution in [3.63, 3.8) is 0 Å². The summed E-state index contributed by atoms with van der Waals surface area (Å²) in [4.78, 5) is 0. The lowest BCUT2D eigenvalue weighted by Gasteiger charge is -2.39.